The average Bonchev–Trinajstić information content (AvgIpc) is 2.45. The molecule has 0 bridgehead atoms. The maximum absolute atomic E-state index is 12.4. The summed E-state index contributed by atoms with van der Waals surface area (Å²) in [5.41, 5.74) is 0.547. The van der Waals surface area contributed by atoms with Crippen molar-refractivity contribution in [3.8, 4) is 0 Å². The summed E-state index contributed by atoms with van der Waals surface area (Å²) in [4.78, 5) is 29.9. The number of ketones is 2. The highest BCUT2D eigenvalue weighted by Crippen LogP contribution is 2.31. The second kappa shape index (κ2) is 9.82. The summed E-state index contributed by atoms with van der Waals surface area (Å²) < 4.78 is 0. The van der Waals surface area contributed by atoms with Crippen molar-refractivity contribution in [2.75, 3.05) is 12.4 Å². The summed E-state index contributed by atoms with van der Waals surface area (Å²) in [6.45, 7) is 10.0. The Balaban J connectivity index is 2.69. The van der Waals surface area contributed by atoms with Crippen LogP contribution in [0.15, 0.2) is 17.8 Å². The van der Waals surface area contributed by atoms with Gasteiger partial charge in [-0.2, -0.15) is 11.8 Å². The Morgan fingerprint density at radius 3 is 2.55 bits per heavy atom. The van der Waals surface area contributed by atoms with E-state index in [1.54, 1.807) is 6.08 Å². The first kappa shape index (κ1) is 18.9. The number of thioether (sulfide) groups is 1. The molecule has 0 heterocycles. The van der Waals surface area contributed by atoms with E-state index in [1.165, 1.54) is 0 Å². The van der Waals surface area contributed by atoms with Crippen molar-refractivity contribution in [3.63, 3.8) is 0 Å². The standard InChI is InChI=1S/C17H27NO3S/c1-5-8-21-18-14(6-2)17-15(19)10-13(11-16(17)20)9-12(4)22-7-3/h5,12-13,17H,1,6-11H2,2-4H3/b18-14+. The van der Waals surface area contributed by atoms with Gasteiger partial charge in [-0.05, 0) is 24.5 Å². The van der Waals surface area contributed by atoms with Gasteiger partial charge in [-0.3, -0.25) is 9.59 Å². The molecular weight excluding hydrogens is 298 g/mol. The quantitative estimate of drug-likeness (QED) is 0.213. The second-order valence-electron chi connectivity index (χ2n) is 5.66. The lowest BCUT2D eigenvalue weighted by Gasteiger charge is -2.28. The van der Waals surface area contributed by atoms with E-state index in [2.05, 4.69) is 25.6 Å². The average molecular weight is 325 g/mol. The smallest absolute Gasteiger partial charge is 0.149 e. The molecule has 4 nitrogen and oxygen atoms in total. The highest BCUT2D eigenvalue weighted by molar-refractivity contribution is 7.99. The fourth-order valence-corrected chi connectivity index (χ4v) is 3.89. The first-order chi connectivity index (χ1) is 10.5. The molecule has 124 valence electrons. The normalized spacial score (nSPS) is 24.2. The van der Waals surface area contributed by atoms with Crippen molar-refractivity contribution < 1.29 is 14.4 Å². The summed E-state index contributed by atoms with van der Waals surface area (Å²) >= 11 is 1.88. The molecule has 1 fully saturated rings. The summed E-state index contributed by atoms with van der Waals surface area (Å²) in [5, 5.41) is 4.46. The van der Waals surface area contributed by atoms with Crippen molar-refractivity contribution >= 4 is 29.0 Å². The van der Waals surface area contributed by atoms with Gasteiger partial charge in [0.2, 0.25) is 0 Å². The van der Waals surface area contributed by atoms with Crippen molar-refractivity contribution in [1.29, 1.82) is 0 Å². The maximum Gasteiger partial charge on any atom is 0.149 e. The molecular formula is C17H27NO3S. The molecule has 1 atom stereocenters. The summed E-state index contributed by atoms with van der Waals surface area (Å²) in [6.07, 6.45) is 4.02. The third kappa shape index (κ3) is 5.59. The number of Topliss-reactive ketones (excluding diaryl/α,β-unsaturated/α-hetero) is 2. The van der Waals surface area contributed by atoms with Gasteiger partial charge in [-0.15, -0.1) is 0 Å². The third-order valence-electron chi connectivity index (χ3n) is 3.81. The SMILES string of the molecule is C=CCO/N=C(\CC)C1C(=O)CC(CC(C)SCC)CC1=O. The Hall–Kier alpha value is -1.10. The molecule has 0 aromatic rings. The molecule has 0 aromatic carbocycles. The first-order valence-electron chi connectivity index (χ1n) is 8.00. The van der Waals surface area contributed by atoms with Crippen molar-refractivity contribution in [2.45, 2.75) is 51.7 Å². The molecule has 0 aliphatic heterocycles. The molecule has 1 aliphatic carbocycles. The maximum atomic E-state index is 12.4. The fraction of sp³-hybridized carbons (Fsp3) is 0.706. The number of carbonyl (C=O) groups is 2. The number of carbonyl (C=O) groups excluding carboxylic acids is 2. The molecule has 1 unspecified atom stereocenters. The van der Waals surface area contributed by atoms with Crippen LogP contribution in [0.3, 0.4) is 0 Å². The van der Waals surface area contributed by atoms with Crippen LogP contribution in [0.1, 0.15) is 46.5 Å². The van der Waals surface area contributed by atoms with E-state index < -0.39 is 5.92 Å². The van der Waals surface area contributed by atoms with Crippen molar-refractivity contribution in [3.05, 3.63) is 12.7 Å². The molecule has 1 saturated carbocycles. The topological polar surface area (TPSA) is 55.7 Å². The molecule has 1 rings (SSSR count). The molecule has 1 aliphatic rings. The Morgan fingerprint density at radius 2 is 2.05 bits per heavy atom. The van der Waals surface area contributed by atoms with Crippen LogP contribution in [-0.4, -0.2) is 34.9 Å². The van der Waals surface area contributed by atoms with Crippen LogP contribution in [0, 0.1) is 11.8 Å². The molecule has 22 heavy (non-hydrogen) atoms. The minimum atomic E-state index is -0.694. The summed E-state index contributed by atoms with van der Waals surface area (Å²) in [7, 11) is 0. The second-order valence-corrected chi connectivity index (χ2v) is 7.38. The minimum Gasteiger partial charge on any atom is -0.392 e. The lowest BCUT2D eigenvalue weighted by molar-refractivity contribution is -0.134. The zero-order valence-corrected chi connectivity index (χ0v) is 14.7. The van der Waals surface area contributed by atoms with E-state index >= 15 is 0 Å². The minimum absolute atomic E-state index is 0.00208. The van der Waals surface area contributed by atoms with Gasteiger partial charge < -0.3 is 4.84 Å². The van der Waals surface area contributed by atoms with E-state index in [0.717, 1.165) is 12.2 Å². The number of hydrogen-bond donors (Lipinski definition) is 0. The van der Waals surface area contributed by atoms with Gasteiger partial charge in [-0.1, -0.05) is 38.6 Å². The lowest BCUT2D eigenvalue weighted by atomic mass is 9.76. The molecule has 5 heteroatoms. The Labute approximate surface area is 137 Å². The van der Waals surface area contributed by atoms with E-state index in [1.807, 2.05) is 18.7 Å². The Kier molecular flexibility index (Phi) is 8.46. The van der Waals surface area contributed by atoms with Crippen LogP contribution in [0.2, 0.25) is 0 Å². The van der Waals surface area contributed by atoms with Crippen molar-refractivity contribution in [1.82, 2.24) is 0 Å². The van der Waals surface area contributed by atoms with Crippen LogP contribution in [0.25, 0.3) is 0 Å². The molecule has 0 N–H and O–H groups in total. The number of oxime groups is 1. The predicted octanol–water partition coefficient (Wildman–Crippen LogP) is 3.65. The number of rotatable bonds is 9. The third-order valence-corrected chi connectivity index (χ3v) is 4.90. The zero-order valence-electron chi connectivity index (χ0n) is 13.8. The highest BCUT2D eigenvalue weighted by atomic mass is 32.2. The Bertz CT molecular complexity index is 416. The molecule has 0 saturated heterocycles. The van der Waals surface area contributed by atoms with E-state index in [4.69, 9.17) is 4.84 Å². The zero-order chi connectivity index (χ0) is 16.5. The fourth-order valence-electron chi connectivity index (χ4n) is 2.91. The van der Waals surface area contributed by atoms with Crippen LogP contribution in [0.4, 0.5) is 0 Å². The summed E-state index contributed by atoms with van der Waals surface area (Å²) in [6, 6.07) is 0. The van der Waals surface area contributed by atoms with Crippen LogP contribution >= 0.6 is 11.8 Å². The number of hydrogen-bond acceptors (Lipinski definition) is 5. The van der Waals surface area contributed by atoms with Crippen molar-refractivity contribution in [2.24, 2.45) is 17.0 Å². The largest absolute Gasteiger partial charge is 0.392 e. The first-order valence-corrected chi connectivity index (χ1v) is 9.04. The van der Waals surface area contributed by atoms with E-state index in [0.29, 0.717) is 30.2 Å². The Morgan fingerprint density at radius 1 is 1.41 bits per heavy atom. The van der Waals surface area contributed by atoms with Gasteiger partial charge in [0.25, 0.3) is 0 Å². The predicted molar refractivity (Wildman–Crippen MR) is 92.3 cm³/mol. The number of nitrogens with zero attached hydrogens (tertiary/aromatic N) is 1. The van der Waals surface area contributed by atoms with Gasteiger partial charge >= 0.3 is 0 Å². The van der Waals surface area contributed by atoms with Gasteiger partial charge in [0.05, 0.1) is 5.71 Å². The molecule has 0 spiro atoms. The molecule has 0 aromatic heterocycles. The van der Waals surface area contributed by atoms with Crippen LogP contribution in [-0.2, 0) is 14.4 Å². The lowest BCUT2D eigenvalue weighted by Crippen LogP contribution is -2.39. The summed E-state index contributed by atoms with van der Waals surface area (Å²) in [5.74, 6) is 0.541. The van der Waals surface area contributed by atoms with Gasteiger partial charge in [0, 0.05) is 18.1 Å². The molecule has 0 amide bonds. The van der Waals surface area contributed by atoms with Crippen LogP contribution in [0.5, 0.6) is 0 Å². The van der Waals surface area contributed by atoms with Gasteiger partial charge in [0.1, 0.15) is 24.1 Å². The van der Waals surface area contributed by atoms with Crippen LogP contribution < -0.4 is 0 Å². The highest BCUT2D eigenvalue weighted by Gasteiger charge is 2.38. The van der Waals surface area contributed by atoms with E-state index in [9.17, 15) is 9.59 Å². The monoisotopic (exact) mass is 325 g/mol. The van der Waals surface area contributed by atoms with Gasteiger partial charge in [0.15, 0.2) is 0 Å². The van der Waals surface area contributed by atoms with E-state index in [-0.39, 0.29) is 24.1 Å². The van der Waals surface area contributed by atoms with Gasteiger partial charge in [-0.25, -0.2) is 0 Å². The molecule has 0 radical (unpaired) electrons.